The Balaban J connectivity index is 1.83. The largest absolute Gasteiger partial charge is 0.479 e. The molecule has 1 aromatic rings. The molecule has 0 aliphatic carbocycles. The van der Waals surface area contributed by atoms with Gasteiger partial charge in [-0.25, -0.2) is 4.79 Å². The molecular formula is C15H22N2O3. The first-order chi connectivity index (χ1) is 9.70. The Morgan fingerprint density at radius 3 is 2.45 bits per heavy atom. The van der Waals surface area contributed by atoms with Gasteiger partial charge in [0.2, 0.25) is 0 Å². The molecule has 1 aliphatic rings. The van der Waals surface area contributed by atoms with Gasteiger partial charge >= 0.3 is 5.97 Å². The Morgan fingerprint density at radius 1 is 1.25 bits per heavy atom. The smallest absolute Gasteiger partial charge is 0.334 e. The van der Waals surface area contributed by atoms with Gasteiger partial charge in [0.15, 0.2) is 6.10 Å². The van der Waals surface area contributed by atoms with E-state index in [4.69, 9.17) is 9.84 Å². The zero-order valence-corrected chi connectivity index (χ0v) is 11.9. The van der Waals surface area contributed by atoms with Crippen LogP contribution in [0.25, 0.3) is 0 Å². The van der Waals surface area contributed by atoms with E-state index in [1.807, 2.05) is 25.1 Å². The highest BCUT2D eigenvalue weighted by molar-refractivity contribution is 5.72. The topological polar surface area (TPSA) is 53.0 Å². The summed E-state index contributed by atoms with van der Waals surface area (Å²) in [6.07, 6.45) is -0.719. The summed E-state index contributed by atoms with van der Waals surface area (Å²) < 4.78 is 5.26. The van der Waals surface area contributed by atoms with Gasteiger partial charge in [0.05, 0.1) is 0 Å². The summed E-state index contributed by atoms with van der Waals surface area (Å²) in [6, 6.07) is 10.3. The van der Waals surface area contributed by atoms with Gasteiger partial charge < -0.3 is 14.7 Å². The second-order valence-corrected chi connectivity index (χ2v) is 4.91. The van der Waals surface area contributed by atoms with Crippen molar-refractivity contribution in [3.8, 4) is 0 Å². The van der Waals surface area contributed by atoms with E-state index in [0.717, 1.165) is 26.2 Å². The van der Waals surface area contributed by atoms with Crippen LogP contribution in [0.3, 0.4) is 0 Å². The lowest BCUT2D eigenvalue weighted by Gasteiger charge is -2.36. The summed E-state index contributed by atoms with van der Waals surface area (Å²) in [4.78, 5) is 15.6. The minimum absolute atomic E-state index is 0.431. The van der Waals surface area contributed by atoms with Crippen molar-refractivity contribution in [3.63, 3.8) is 0 Å². The highest BCUT2D eigenvalue weighted by Crippen LogP contribution is 2.15. The zero-order valence-electron chi connectivity index (χ0n) is 11.9. The van der Waals surface area contributed by atoms with Gasteiger partial charge in [0, 0.05) is 45.0 Å². The number of rotatable bonds is 6. The lowest BCUT2D eigenvalue weighted by molar-refractivity contribution is -0.151. The fourth-order valence-corrected chi connectivity index (χ4v) is 2.47. The maximum Gasteiger partial charge on any atom is 0.334 e. The molecule has 0 aromatic heterocycles. The van der Waals surface area contributed by atoms with Crippen LogP contribution < -0.4 is 4.90 Å². The Kier molecular flexibility index (Phi) is 5.38. The van der Waals surface area contributed by atoms with Gasteiger partial charge in [0.25, 0.3) is 0 Å². The summed E-state index contributed by atoms with van der Waals surface area (Å²) in [6.45, 7) is 6.29. The average Bonchev–Trinajstić information content (AvgIpc) is 2.48. The molecule has 1 aromatic carbocycles. The molecule has 0 saturated carbocycles. The predicted molar refractivity (Wildman–Crippen MR) is 78.1 cm³/mol. The average molecular weight is 278 g/mol. The van der Waals surface area contributed by atoms with E-state index in [2.05, 4.69) is 21.9 Å². The maximum absolute atomic E-state index is 11.1. The van der Waals surface area contributed by atoms with E-state index < -0.39 is 12.1 Å². The first-order valence-corrected chi connectivity index (χ1v) is 7.07. The Morgan fingerprint density at radius 2 is 1.90 bits per heavy atom. The van der Waals surface area contributed by atoms with Crippen molar-refractivity contribution in [1.82, 2.24) is 4.90 Å². The molecule has 1 atom stereocenters. The number of nitrogens with zero attached hydrogens (tertiary/aromatic N) is 2. The second-order valence-electron chi connectivity index (χ2n) is 4.91. The molecule has 1 unspecified atom stereocenters. The number of anilines is 1. The second kappa shape index (κ2) is 7.26. The molecule has 5 nitrogen and oxygen atoms in total. The van der Waals surface area contributed by atoms with Gasteiger partial charge in [-0.3, -0.25) is 4.90 Å². The van der Waals surface area contributed by atoms with Crippen LogP contribution >= 0.6 is 0 Å². The third kappa shape index (κ3) is 3.95. The molecule has 20 heavy (non-hydrogen) atoms. The summed E-state index contributed by atoms with van der Waals surface area (Å²) in [5.41, 5.74) is 1.23. The number of carboxylic acid groups (broad SMARTS) is 1. The molecule has 0 amide bonds. The van der Waals surface area contributed by atoms with Crippen molar-refractivity contribution in [2.75, 3.05) is 44.2 Å². The van der Waals surface area contributed by atoms with Gasteiger partial charge in [-0.05, 0) is 19.1 Å². The van der Waals surface area contributed by atoms with Crippen LogP contribution in [0.4, 0.5) is 5.69 Å². The van der Waals surface area contributed by atoms with Crippen LogP contribution in [0.5, 0.6) is 0 Å². The predicted octanol–water partition coefficient (Wildman–Crippen LogP) is 1.30. The van der Waals surface area contributed by atoms with Gasteiger partial charge in [-0.15, -0.1) is 0 Å². The van der Waals surface area contributed by atoms with Gasteiger partial charge in [-0.1, -0.05) is 18.2 Å². The molecule has 1 saturated heterocycles. The molecule has 1 aliphatic heterocycles. The van der Waals surface area contributed by atoms with Crippen LogP contribution in [0.15, 0.2) is 30.3 Å². The number of hydrogen-bond donors (Lipinski definition) is 1. The van der Waals surface area contributed by atoms with E-state index in [-0.39, 0.29) is 0 Å². The van der Waals surface area contributed by atoms with Crippen molar-refractivity contribution in [2.45, 2.75) is 13.0 Å². The fourth-order valence-electron chi connectivity index (χ4n) is 2.47. The molecule has 1 N–H and O–H groups in total. The Bertz CT molecular complexity index is 416. The fraction of sp³-hybridized carbons (Fsp3) is 0.533. The lowest BCUT2D eigenvalue weighted by atomic mass is 10.2. The maximum atomic E-state index is 11.1. The van der Waals surface area contributed by atoms with E-state index in [1.54, 1.807) is 0 Å². The van der Waals surface area contributed by atoms with E-state index in [0.29, 0.717) is 13.2 Å². The third-order valence-corrected chi connectivity index (χ3v) is 3.56. The molecular weight excluding hydrogens is 256 g/mol. The van der Waals surface area contributed by atoms with Crippen LogP contribution in [0.1, 0.15) is 6.92 Å². The number of benzene rings is 1. The van der Waals surface area contributed by atoms with Crippen LogP contribution in [0, 0.1) is 0 Å². The van der Waals surface area contributed by atoms with Crippen LogP contribution in [0.2, 0.25) is 0 Å². The molecule has 5 heteroatoms. The van der Waals surface area contributed by atoms with Crippen molar-refractivity contribution in [1.29, 1.82) is 0 Å². The minimum atomic E-state index is -0.877. The Labute approximate surface area is 119 Å². The summed E-state index contributed by atoms with van der Waals surface area (Å²) in [5, 5.41) is 9.10. The molecule has 0 spiro atoms. The summed E-state index contributed by atoms with van der Waals surface area (Å²) in [5.74, 6) is -0.877. The van der Waals surface area contributed by atoms with E-state index in [9.17, 15) is 4.79 Å². The molecule has 0 bridgehead atoms. The van der Waals surface area contributed by atoms with E-state index in [1.165, 1.54) is 5.69 Å². The van der Waals surface area contributed by atoms with Crippen molar-refractivity contribution < 1.29 is 14.6 Å². The van der Waals surface area contributed by atoms with Crippen molar-refractivity contribution in [3.05, 3.63) is 30.3 Å². The number of carbonyl (C=O) groups is 1. The van der Waals surface area contributed by atoms with Crippen molar-refractivity contribution >= 4 is 11.7 Å². The molecule has 1 fully saturated rings. The number of carboxylic acids is 1. The number of ether oxygens (including phenoxy) is 1. The number of para-hydroxylation sites is 1. The number of aliphatic carboxylic acids is 1. The number of piperazine rings is 1. The minimum Gasteiger partial charge on any atom is -0.479 e. The van der Waals surface area contributed by atoms with Crippen LogP contribution in [-0.2, 0) is 9.53 Å². The van der Waals surface area contributed by atoms with Gasteiger partial charge in [-0.2, -0.15) is 0 Å². The lowest BCUT2D eigenvalue weighted by Crippen LogP contribution is -2.50. The Hall–Kier alpha value is -1.59. The van der Waals surface area contributed by atoms with E-state index >= 15 is 0 Å². The standard InChI is InChI=1S/C15H22N2O3/c1-2-20-14(15(18)19)12-16-8-10-17(11-9-16)13-6-4-3-5-7-13/h3-7,14H,2,8-12H2,1H3,(H,18,19). The normalized spacial score (nSPS) is 17.9. The monoisotopic (exact) mass is 278 g/mol. The van der Waals surface area contributed by atoms with Gasteiger partial charge in [0.1, 0.15) is 0 Å². The third-order valence-electron chi connectivity index (χ3n) is 3.56. The highest BCUT2D eigenvalue weighted by Gasteiger charge is 2.24. The zero-order chi connectivity index (χ0) is 14.4. The molecule has 110 valence electrons. The van der Waals surface area contributed by atoms with Crippen molar-refractivity contribution in [2.24, 2.45) is 0 Å². The summed E-state index contributed by atoms with van der Waals surface area (Å²) in [7, 11) is 0. The highest BCUT2D eigenvalue weighted by atomic mass is 16.5. The molecule has 0 radical (unpaired) electrons. The molecule has 1 heterocycles. The SMILES string of the molecule is CCOC(CN1CCN(c2ccccc2)CC1)C(=O)O. The number of hydrogen-bond acceptors (Lipinski definition) is 4. The first kappa shape index (κ1) is 14.8. The first-order valence-electron chi connectivity index (χ1n) is 7.07. The molecule has 2 rings (SSSR count). The quantitative estimate of drug-likeness (QED) is 0.850. The van der Waals surface area contributed by atoms with Crippen LogP contribution in [-0.4, -0.2) is 61.4 Å². The summed E-state index contributed by atoms with van der Waals surface area (Å²) >= 11 is 0.